The van der Waals surface area contributed by atoms with Crippen molar-refractivity contribution in [2.75, 3.05) is 26.2 Å². The molecule has 0 aliphatic carbocycles. The zero-order chi connectivity index (χ0) is 19.8. The minimum Gasteiger partial charge on any atom is -0.357 e. The van der Waals surface area contributed by atoms with Crippen molar-refractivity contribution in [1.29, 1.82) is 0 Å². The Balaban J connectivity index is 0.00000300. The number of benzene rings is 1. The molecule has 3 rings (SSSR count). The Hall–Kier alpha value is -1.39. The number of aliphatic imine (C=N–C) groups is 1. The Morgan fingerprint density at radius 2 is 2.00 bits per heavy atom. The van der Waals surface area contributed by atoms with Crippen LogP contribution in [0.15, 0.2) is 35.6 Å². The van der Waals surface area contributed by atoms with Crippen molar-refractivity contribution in [3.8, 4) is 0 Å². The van der Waals surface area contributed by atoms with Crippen LogP contribution in [0.1, 0.15) is 31.2 Å². The number of guanidine groups is 1. The van der Waals surface area contributed by atoms with Crippen molar-refractivity contribution < 1.29 is 0 Å². The summed E-state index contributed by atoms with van der Waals surface area (Å²) in [6, 6.07) is 8.13. The summed E-state index contributed by atoms with van der Waals surface area (Å²) in [6.07, 6.45) is 3.92. The van der Waals surface area contributed by atoms with Crippen LogP contribution in [0.5, 0.6) is 0 Å². The molecule has 7 nitrogen and oxygen atoms in total. The van der Waals surface area contributed by atoms with Gasteiger partial charge in [-0.2, -0.15) is 5.10 Å². The van der Waals surface area contributed by atoms with E-state index in [0.717, 1.165) is 49.5 Å². The van der Waals surface area contributed by atoms with Crippen molar-refractivity contribution in [1.82, 2.24) is 30.3 Å². The first kappa shape index (κ1) is 23.9. The molecule has 0 unspecified atom stereocenters. The van der Waals surface area contributed by atoms with Crippen LogP contribution in [-0.2, 0) is 20.1 Å². The minimum absolute atomic E-state index is 0. The molecule has 0 atom stereocenters. The molecule has 2 N–H and O–H groups in total. The fourth-order valence-corrected chi connectivity index (χ4v) is 3.61. The lowest BCUT2D eigenvalue weighted by Gasteiger charge is -2.32. The Kier molecular flexibility index (Phi) is 10.2. The van der Waals surface area contributed by atoms with Gasteiger partial charge in [-0.3, -0.25) is 9.58 Å². The zero-order valence-electron chi connectivity index (χ0n) is 17.1. The van der Waals surface area contributed by atoms with Gasteiger partial charge in [0.05, 0.1) is 0 Å². The molecule has 160 valence electrons. The highest BCUT2D eigenvalue weighted by atomic mass is 127. The fourth-order valence-electron chi connectivity index (χ4n) is 3.41. The maximum atomic E-state index is 6.30. The number of aryl methyl sites for hydroxylation is 1. The van der Waals surface area contributed by atoms with Gasteiger partial charge < -0.3 is 10.6 Å². The molecule has 0 radical (unpaired) electrons. The topological polar surface area (TPSA) is 70.4 Å². The van der Waals surface area contributed by atoms with Crippen LogP contribution in [0.2, 0.25) is 5.02 Å². The molecule has 0 spiro atoms. The van der Waals surface area contributed by atoms with E-state index in [-0.39, 0.29) is 24.0 Å². The number of hydrogen-bond donors (Lipinski definition) is 2. The SMILES string of the molecule is CCNC(=NCc1ncnn1C)NCC1CCN(Cc2ccccc2Cl)CC1.I. The number of halogens is 2. The van der Waals surface area contributed by atoms with Crippen molar-refractivity contribution >= 4 is 41.5 Å². The Morgan fingerprint density at radius 1 is 1.24 bits per heavy atom. The number of hydrogen-bond acceptors (Lipinski definition) is 4. The Labute approximate surface area is 195 Å². The van der Waals surface area contributed by atoms with Gasteiger partial charge in [-0.05, 0) is 50.4 Å². The average Bonchev–Trinajstić information content (AvgIpc) is 3.12. The highest BCUT2D eigenvalue weighted by molar-refractivity contribution is 14.0. The molecule has 1 fully saturated rings. The molecular formula is C20H31ClIN7. The number of likely N-dealkylation sites (tertiary alicyclic amines) is 1. The van der Waals surface area contributed by atoms with Crippen LogP contribution in [0, 0.1) is 5.92 Å². The molecule has 1 aliphatic heterocycles. The number of piperidine rings is 1. The van der Waals surface area contributed by atoms with E-state index in [1.165, 1.54) is 18.4 Å². The average molecular weight is 532 g/mol. The van der Waals surface area contributed by atoms with Gasteiger partial charge in [0.25, 0.3) is 0 Å². The second-order valence-corrected chi connectivity index (χ2v) is 7.59. The van der Waals surface area contributed by atoms with Gasteiger partial charge in [0.15, 0.2) is 5.96 Å². The highest BCUT2D eigenvalue weighted by Crippen LogP contribution is 2.21. The molecule has 29 heavy (non-hydrogen) atoms. The van der Waals surface area contributed by atoms with E-state index in [4.69, 9.17) is 11.6 Å². The largest absolute Gasteiger partial charge is 0.357 e. The van der Waals surface area contributed by atoms with Gasteiger partial charge in [-0.15, -0.1) is 24.0 Å². The van der Waals surface area contributed by atoms with Crippen molar-refractivity contribution in [2.24, 2.45) is 18.0 Å². The standard InChI is InChI=1S/C20H30ClN7.HI/c1-3-22-20(24-13-19-25-15-26-27(19)2)23-12-16-8-10-28(11-9-16)14-17-6-4-5-7-18(17)21;/h4-7,15-16H,3,8-14H2,1-2H3,(H2,22,23,24);1H. The summed E-state index contributed by atoms with van der Waals surface area (Å²) in [4.78, 5) is 11.3. The fraction of sp³-hybridized carbons (Fsp3) is 0.550. The normalized spacial score (nSPS) is 15.8. The van der Waals surface area contributed by atoms with E-state index in [0.29, 0.717) is 12.5 Å². The summed E-state index contributed by atoms with van der Waals surface area (Å²) >= 11 is 6.30. The third kappa shape index (κ3) is 7.42. The molecule has 9 heteroatoms. The predicted molar refractivity (Wildman–Crippen MR) is 129 cm³/mol. The van der Waals surface area contributed by atoms with Crippen molar-refractivity contribution in [3.05, 3.63) is 47.0 Å². The highest BCUT2D eigenvalue weighted by Gasteiger charge is 2.20. The monoisotopic (exact) mass is 531 g/mol. The molecule has 0 amide bonds. The van der Waals surface area contributed by atoms with Crippen LogP contribution < -0.4 is 10.6 Å². The van der Waals surface area contributed by atoms with Crippen LogP contribution in [0.25, 0.3) is 0 Å². The maximum Gasteiger partial charge on any atom is 0.191 e. The van der Waals surface area contributed by atoms with Crippen molar-refractivity contribution in [3.63, 3.8) is 0 Å². The molecule has 0 saturated carbocycles. The van der Waals surface area contributed by atoms with Crippen LogP contribution in [-0.4, -0.2) is 51.8 Å². The van der Waals surface area contributed by atoms with E-state index in [2.05, 4.69) is 49.7 Å². The number of nitrogens with zero attached hydrogens (tertiary/aromatic N) is 5. The van der Waals surface area contributed by atoms with Crippen LogP contribution in [0.3, 0.4) is 0 Å². The first-order chi connectivity index (χ1) is 13.7. The summed E-state index contributed by atoms with van der Waals surface area (Å²) < 4.78 is 1.75. The van der Waals surface area contributed by atoms with E-state index >= 15 is 0 Å². The summed E-state index contributed by atoms with van der Waals surface area (Å²) in [6.45, 7) is 7.50. The van der Waals surface area contributed by atoms with E-state index in [1.807, 2.05) is 19.2 Å². The van der Waals surface area contributed by atoms with E-state index in [9.17, 15) is 0 Å². The minimum atomic E-state index is 0. The van der Waals surface area contributed by atoms with Gasteiger partial charge in [-0.1, -0.05) is 29.8 Å². The second kappa shape index (κ2) is 12.3. The molecule has 1 aromatic heterocycles. The molecule has 2 heterocycles. The molecule has 1 saturated heterocycles. The lowest BCUT2D eigenvalue weighted by molar-refractivity contribution is 0.178. The third-order valence-corrected chi connectivity index (χ3v) is 5.51. The summed E-state index contributed by atoms with van der Waals surface area (Å²) in [5, 5.41) is 11.7. The van der Waals surface area contributed by atoms with Gasteiger partial charge >= 0.3 is 0 Å². The first-order valence-electron chi connectivity index (χ1n) is 9.96. The van der Waals surface area contributed by atoms with Gasteiger partial charge in [-0.25, -0.2) is 9.98 Å². The third-order valence-electron chi connectivity index (χ3n) is 5.15. The smallest absolute Gasteiger partial charge is 0.191 e. The predicted octanol–water partition coefficient (Wildman–Crippen LogP) is 3.05. The number of nitrogens with one attached hydrogen (secondary N) is 2. The Morgan fingerprint density at radius 3 is 2.66 bits per heavy atom. The van der Waals surface area contributed by atoms with Gasteiger partial charge in [0, 0.05) is 31.7 Å². The number of rotatable bonds is 7. The second-order valence-electron chi connectivity index (χ2n) is 7.19. The lowest BCUT2D eigenvalue weighted by atomic mass is 9.96. The summed E-state index contributed by atoms with van der Waals surface area (Å²) in [7, 11) is 1.88. The Bertz CT molecular complexity index is 772. The van der Waals surface area contributed by atoms with Gasteiger partial charge in [0.2, 0.25) is 0 Å². The molecule has 1 aromatic carbocycles. The molecule has 1 aliphatic rings. The quantitative estimate of drug-likeness (QED) is 0.327. The maximum absolute atomic E-state index is 6.30. The lowest BCUT2D eigenvalue weighted by Crippen LogP contribution is -2.42. The van der Waals surface area contributed by atoms with Crippen LogP contribution >= 0.6 is 35.6 Å². The molecule has 2 aromatic rings. The zero-order valence-corrected chi connectivity index (χ0v) is 20.2. The van der Waals surface area contributed by atoms with E-state index in [1.54, 1.807) is 11.0 Å². The van der Waals surface area contributed by atoms with Crippen LogP contribution in [0.4, 0.5) is 0 Å². The molecular weight excluding hydrogens is 501 g/mol. The number of aromatic nitrogens is 3. The van der Waals surface area contributed by atoms with Crippen molar-refractivity contribution in [2.45, 2.75) is 32.9 Å². The molecule has 0 bridgehead atoms. The van der Waals surface area contributed by atoms with Gasteiger partial charge in [0.1, 0.15) is 18.7 Å². The summed E-state index contributed by atoms with van der Waals surface area (Å²) in [5.41, 5.74) is 1.21. The summed E-state index contributed by atoms with van der Waals surface area (Å²) in [5.74, 6) is 2.34. The first-order valence-corrected chi connectivity index (χ1v) is 10.3. The van der Waals surface area contributed by atoms with E-state index < -0.39 is 0 Å².